The number of benzene rings is 1. The van der Waals surface area contributed by atoms with Gasteiger partial charge in [-0.25, -0.2) is 0 Å². The van der Waals surface area contributed by atoms with Gasteiger partial charge in [0.15, 0.2) is 0 Å². The monoisotopic (exact) mass is 344 g/mol. The van der Waals surface area contributed by atoms with Gasteiger partial charge in [0.25, 0.3) is 0 Å². The number of nitrogens with zero attached hydrogens (tertiary/aromatic N) is 1. The van der Waals surface area contributed by atoms with E-state index >= 15 is 0 Å². The van der Waals surface area contributed by atoms with Gasteiger partial charge in [-0.15, -0.1) is 0 Å². The van der Waals surface area contributed by atoms with Gasteiger partial charge < -0.3 is 14.2 Å². The molecule has 7 nitrogen and oxygen atoms in total. The van der Waals surface area contributed by atoms with Crippen molar-refractivity contribution in [3.63, 3.8) is 0 Å². The van der Waals surface area contributed by atoms with Crippen LogP contribution in [0.3, 0.4) is 0 Å². The highest BCUT2D eigenvalue weighted by Gasteiger charge is 2.34. The lowest BCUT2D eigenvalue weighted by Crippen LogP contribution is -2.60. The summed E-state index contributed by atoms with van der Waals surface area (Å²) in [6, 6.07) is 6.17. The van der Waals surface area contributed by atoms with Gasteiger partial charge in [0.2, 0.25) is 5.91 Å². The Kier molecular flexibility index (Phi) is 4.51. The quantitative estimate of drug-likeness (QED) is 0.795. The molecule has 23 heavy (non-hydrogen) atoms. The summed E-state index contributed by atoms with van der Waals surface area (Å²) in [5, 5.41) is 2.93. The van der Waals surface area contributed by atoms with Gasteiger partial charge in [-0.3, -0.25) is 9.69 Å². The third kappa shape index (κ3) is 4.40. The Hall–Kier alpha value is -1.71. The number of likely N-dealkylation sites (tertiary alicyclic amines) is 1. The zero-order valence-corrected chi connectivity index (χ0v) is 13.1. The van der Waals surface area contributed by atoms with Crippen LogP contribution in [0.4, 0.5) is 3.89 Å². The van der Waals surface area contributed by atoms with Gasteiger partial charge in [0.1, 0.15) is 12.4 Å². The molecule has 0 unspecified atom stereocenters. The van der Waals surface area contributed by atoms with Crippen molar-refractivity contribution in [2.75, 3.05) is 19.7 Å². The molecule has 0 spiro atoms. The van der Waals surface area contributed by atoms with Crippen LogP contribution < -0.4 is 9.50 Å². The first kappa shape index (κ1) is 16.2. The highest BCUT2D eigenvalue weighted by Crippen LogP contribution is 2.21. The van der Waals surface area contributed by atoms with Crippen LogP contribution in [-0.4, -0.2) is 51.1 Å². The molecule has 2 fully saturated rings. The summed E-state index contributed by atoms with van der Waals surface area (Å²) in [7, 11) is -5.00. The van der Waals surface area contributed by atoms with E-state index in [1.165, 1.54) is 12.1 Å². The van der Waals surface area contributed by atoms with Crippen LogP contribution in [0, 0.1) is 0 Å². The Morgan fingerprint density at radius 1 is 1.35 bits per heavy atom. The molecule has 2 aliphatic rings. The van der Waals surface area contributed by atoms with Crippen molar-refractivity contribution < 1.29 is 26.0 Å². The number of hydrogen-bond acceptors (Lipinski definition) is 6. The molecule has 0 radical (unpaired) electrons. The van der Waals surface area contributed by atoms with E-state index in [4.69, 9.17) is 4.74 Å². The van der Waals surface area contributed by atoms with E-state index in [2.05, 4.69) is 14.4 Å². The van der Waals surface area contributed by atoms with E-state index < -0.39 is 10.5 Å². The summed E-state index contributed by atoms with van der Waals surface area (Å²) in [5.74, 6) is -0.162. The fourth-order valence-electron chi connectivity index (χ4n) is 2.93. The summed E-state index contributed by atoms with van der Waals surface area (Å²) in [6.45, 7) is 2.30. The molecule has 126 valence electrons. The topological polar surface area (TPSA) is 84.9 Å². The molecule has 0 aromatic heterocycles. The molecule has 2 heterocycles. The Morgan fingerprint density at radius 2 is 2.09 bits per heavy atom. The van der Waals surface area contributed by atoms with Crippen LogP contribution in [0.15, 0.2) is 24.3 Å². The maximum Gasteiger partial charge on any atom is 0.488 e. The molecule has 1 N–H and O–H groups in total. The van der Waals surface area contributed by atoms with E-state index in [0.29, 0.717) is 13.1 Å². The summed E-state index contributed by atoms with van der Waals surface area (Å²) >= 11 is 0. The van der Waals surface area contributed by atoms with E-state index in [1.807, 2.05) is 0 Å². The van der Waals surface area contributed by atoms with Crippen molar-refractivity contribution in [1.82, 2.24) is 10.2 Å². The number of amides is 1. The van der Waals surface area contributed by atoms with E-state index in [9.17, 15) is 17.1 Å². The van der Waals surface area contributed by atoms with Crippen molar-refractivity contribution >= 4 is 16.4 Å². The molecule has 0 bridgehead atoms. The molecule has 2 saturated heterocycles. The molecular formula is C14H17FN2O5S. The first-order valence-electron chi connectivity index (χ1n) is 7.25. The highest BCUT2D eigenvalue weighted by molar-refractivity contribution is 7.81. The molecule has 0 saturated carbocycles. The van der Waals surface area contributed by atoms with Crippen LogP contribution in [0.2, 0.25) is 0 Å². The highest BCUT2D eigenvalue weighted by atomic mass is 32.3. The third-order valence-corrected chi connectivity index (χ3v) is 4.33. The van der Waals surface area contributed by atoms with Crippen LogP contribution in [0.1, 0.15) is 12.0 Å². The van der Waals surface area contributed by atoms with Gasteiger partial charge in [0, 0.05) is 19.6 Å². The van der Waals surface area contributed by atoms with Crippen LogP contribution >= 0.6 is 0 Å². The number of piperidine rings is 1. The zero-order chi connectivity index (χ0) is 16.4. The number of carbonyl (C=O) groups is 1. The zero-order valence-electron chi connectivity index (χ0n) is 12.3. The number of morpholine rings is 1. The number of rotatable bonds is 4. The van der Waals surface area contributed by atoms with E-state index in [0.717, 1.165) is 18.5 Å². The average Bonchev–Trinajstić information content (AvgIpc) is 2.47. The number of hydrogen-bond donors (Lipinski definition) is 1. The number of nitrogens with one attached hydrogen (secondary N) is 1. The van der Waals surface area contributed by atoms with Gasteiger partial charge >= 0.3 is 10.5 Å². The second kappa shape index (κ2) is 6.42. The minimum Gasteiger partial charge on any atom is -0.366 e. The molecule has 1 aromatic rings. The maximum absolute atomic E-state index is 12.4. The Labute approximate surface area is 133 Å². The molecule has 1 amide bonds. The fraction of sp³-hybridized carbons (Fsp3) is 0.500. The standard InChI is InChI=1S/C14H17FN2O5S/c15-23(19,20)22-11-3-1-10(2-4-11)7-17-6-5-13-12(8-17)16-14(18)9-21-13/h1-4,12-13H,5-9H2,(H,16,18)/t12-,13+/m1/s1. The van der Waals surface area contributed by atoms with Crippen LogP contribution in [0.5, 0.6) is 5.75 Å². The number of ether oxygens (including phenoxy) is 1. The summed E-state index contributed by atoms with van der Waals surface area (Å²) in [4.78, 5) is 13.6. The fourth-order valence-corrected chi connectivity index (χ4v) is 3.28. The smallest absolute Gasteiger partial charge is 0.366 e. The van der Waals surface area contributed by atoms with Crippen LogP contribution in [-0.2, 0) is 26.6 Å². The predicted octanol–water partition coefficient (Wildman–Crippen LogP) is 0.369. The largest absolute Gasteiger partial charge is 0.488 e. The van der Waals surface area contributed by atoms with E-state index in [1.54, 1.807) is 12.1 Å². The normalized spacial score (nSPS) is 25.5. The molecule has 9 heteroatoms. The molecule has 3 rings (SSSR count). The lowest BCUT2D eigenvalue weighted by molar-refractivity contribution is -0.140. The lowest BCUT2D eigenvalue weighted by Gasteiger charge is -2.41. The van der Waals surface area contributed by atoms with Crippen molar-refractivity contribution in [1.29, 1.82) is 0 Å². The Bertz CT molecular complexity index is 679. The molecule has 1 aromatic carbocycles. The number of fused-ring (bicyclic) bond motifs is 1. The minimum atomic E-state index is -5.00. The second-order valence-electron chi connectivity index (χ2n) is 5.67. The predicted molar refractivity (Wildman–Crippen MR) is 78.7 cm³/mol. The van der Waals surface area contributed by atoms with Gasteiger partial charge in [-0.05, 0) is 24.1 Å². The first-order valence-corrected chi connectivity index (χ1v) is 8.56. The maximum atomic E-state index is 12.4. The second-order valence-corrected chi connectivity index (χ2v) is 6.62. The van der Waals surface area contributed by atoms with Gasteiger partial charge in [-0.1, -0.05) is 16.0 Å². The van der Waals surface area contributed by atoms with Crippen molar-refractivity contribution in [2.45, 2.75) is 25.1 Å². The van der Waals surface area contributed by atoms with Crippen molar-refractivity contribution in [3.05, 3.63) is 29.8 Å². The molecule has 2 aliphatic heterocycles. The lowest BCUT2D eigenvalue weighted by atomic mass is 10.00. The Balaban J connectivity index is 1.58. The van der Waals surface area contributed by atoms with E-state index in [-0.39, 0.29) is 30.4 Å². The number of carbonyl (C=O) groups excluding carboxylic acids is 1. The molecular weight excluding hydrogens is 327 g/mol. The average molecular weight is 344 g/mol. The van der Waals surface area contributed by atoms with Crippen molar-refractivity contribution in [3.8, 4) is 5.75 Å². The molecule has 2 atom stereocenters. The summed E-state index contributed by atoms with van der Waals surface area (Å²) in [6.07, 6.45) is 0.904. The Morgan fingerprint density at radius 3 is 2.78 bits per heavy atom. The first-order chi connectivity index (χ1) is 10.9. The number of halogens is 1. The summed E-state index contributed by atoms with van der Waals surface area (Å²) in [5.41, 5.74) is 0.940. The SMILES string of the molecule is O=C1CO[C@H]2CCN(Cc3ccc(OS(=O)(=O)F)cc3)C[C@H]2N1. The minimum absolute atomic E-state index is 0.00992. The molecule has 0 aliphatic carbocycles. The van der Waals surface area contributed by atoms with Crippen LogP contribution in [0.25, 0.3) is 0 Å². The summed E-state index contributed by atoms with van der Waals surface area (Å²) < 4.78 is 42.9. The van der Waals surface area contributed by atoms with Gasteiger partial charge in [-0.2, -0.15) is 8.42 Å². The van der Waals surface area contributed by atoms with Crippen molar-refractivity contribution in [2.24, 2.45) is 0 Å². The van der Waals surface area contributed by atoms with Gasteiger partial charge in [0.05, 0.1) is 12.1 Å². The third-order valence-electron chi connectivity index (χ3n) is 3.93.